The van der Waals surface area contributed by atoms with Crippen molar-refractivity contribution in [1.29, 1.82) is 0 Å². The van der Waals surface area contributed by atoms with Gasteiger partial charge in [0.05, 0.1) is 0 Å². The van der Waals surface area contributed by atoms with Crippen LogP contribution in [0.5, 0.6) is 0 Å². The van der Waals surface area contributed by atoms with Crippen LogP contribution in [0.4, 0.5) is 17.1 Å². The zero-order valence-electron chi connectivity index (χ0n) is 32.1. The van der Waals surface area contributed by atoms with Crippen LogP contribution in [0, 0.1) is 5.92 Å². The first-order chi connectivity index (χ1) is 26.5. The summed E-state index contributed by atoms with van der Waals surface area (Å²) in [6.45, 7) is 7.32. The highest BCUT2D eigenvalue weighted by molar-refractivity contribution is 5.74. The molecule has 0 amide bonds. The number of benzene rings is 4. The summed E-state index contributed by atoms with van der Waals surface area (Å²) in [6, 6.07) is 39.4. The summed E-state index contributed by atoms with van der Waals surface area (Å²) in [7, 11) is 0. The van der Waals surface area contributed by atoms with Crippen LogP contribution in [0.15, 0.2) is 174 Å². The van der Waals surface area contributed by atoms with Gasteiger partial charge < -0.3 is 9.80 Å². The Kier molecular flexibility index (Phi) is 8.27. The van der Waals surface area contributed by atoms with E-state index in [1.54, 1.807) is 11.1 Å². The van der Waals surface area contributed by atoms with Gasteiger partial charge in [-0.2, -0.15) is 0 Å². The molecule has 0 radical (unpaired) electrons. The van der Waals surface area contributed by atoms with Crippen molar-refractivity contribution in [3.63, 3.8) is 0 Å². The predicted octanol–water partition coefficient (Wildman–Crippen LogP) is 13.5. The van der Waals surface area contributed by atoms with Crippen LogP contribution in [0.1, 0.15) is 106 Å². The topological polar surface area (TPSA) is 6.48 Å². The third-order valence-corrected chi connectivity index (χ3v) is 13.7. The summed E-state index contributed by atoms with van der Waals surface area (Å²) in [6.07, 6.45) is 25.3. The van der Waals surface area contributed by atoms with Crippen molar-refractivity contribution >= 4 is 17.1 Å². The van der Waals surface area contributed by atoms with E-state index in [-0.39, 0.29) is 5.41 Å². The zero-order chi connectivity index (χ0) is 36.4. The highest BCUT2D eigenvalue weighted by atomic mass is 15.2. The summed E-state index contributed by atoms with van der Waals surface area (Å²) in [4.78, 5) is 5.21. The maximum absolute atomic E-state index is 2.64. The molecule has 4 aromatic rings. The molecule has 0 spiro atoms. The molecule has 0 fully saturated rings. The van der Waals surface area contributed by atoms with Crippen LogP contribution in [0.2, 0.25) is 0 Å². The van der Waals surface area contributed by atoms with Gasteiger partial charge in [0.2, 0.25) is 0 Å². The Morgan fingerprint density at radius 2 is 1.54 bits per heavy atom. The lowest BCUT2D eigenvalue weighted by molar-refractivity contribution is 0.541. The molecule has 0 saturated heterocycles. The fourth-order valence-electron chi connectivity index (χ4n) is 11.0. The highest BCUT2D eigenvalue weighted by Gasteiger charge is 2.43. The Morgan fingerprint density at radius 1 is 0.759 bits per heavy atom. The molecule has 10 rings (SSSR count). The second-order valence-electron chi connectivity index (χ2n) is 17.1. The summed E-state index contributed by atoms with van der Waals surface area (Å²) in [5, 5.41) is 0. The summed E-state index contributed by atoms with van der Waals surface area (Å²) in [5.41, 5.74) is 17.3. The van der Waals surface area contributed by atoms with Crippen molar-refractivity contribution in [3.8, 4) is 0 Å². The summed E-state index contributed by atoms with van der Waals surface area (Å²) >= 11 is 0. The van der Waals surface area contributed by atoms with Crippen molar-refractivity contribution < 1.29 is 0 Å². The van der Waals surface area contributed by atoms with E-state index in [1.807, 2.05) is 0 Å². The van der Waals surface area contributed by atoms with Gasteiger partial charge >= 0.3 is 0 Å². The van der Waals surface area contributed by atoms with Gasteiger partial charge in [0, 0.05) is 51.7 Å². The molecule has 5 atom stereocenters. The Hall–Kier alpha value is -5.08. The van der Waals surface area contributed by atoms with Gasteiger partial charge in [-0.1, -0.05) is 130 Å². The van der Waals surface area contributed by atoms with Gasteiger partial charge in [0.1, 0.15) is 0 Å². The fraction of sp³-hybridized carbons (Fsp3) is 0.308. The number of anilines is 3. The Labute approximate surface area is 322 Å². The van der Waals surface area contributed by atoms with Gasteiger partial charge in [-0.05, 0) is 133 Å². The van der Waals surface area contributed by atoms with Crippen LogP contribution < -0.4 is 9.80 Å². The minimum atomic E-state index is 0.0202. The lowest BCUT2D eigenvalue weighted by Gasteiger charge is -2.37. The summed E-state index contributed by atoms with van der Waals surface area (Å²) < 4.78 is 0. The van der Waals surface area contributed by atoms with Crippen molar-refractivity contribution in [2.45, 2.75) is 94.9 Å². The maximum Gasteiger partial charge on any atom is 0.0458 e. The first-order valence-corrected chi connectivity index (χ1v) is 20.6. The number of fused-ring (bicyclic) bond motifs is 6. The van der Waals surface area contributed by atoms with Gasteiger partial charge in [0.15, 0.2) is 0 Å². The van der Waals surface area contributed by atoms with Crippen LogP contribution in [-0.2, 0) is 5.41 Å². The lowest BCUT2D eigenvalue weighted by Crippen LogP contribution is -2.32. The molecule has 5 aliphatic carbocycles. The number of hydrogen-bond donors (Lipinski definition) is 0. The first-order valence-electron chi connectivity index (χ1n) is 20.6. The van der Waals surface area contributed by atoms with Gasteiger partial charge in [-0.15, -0.1) is 0 Å². The van der Waals surface area contributed by atoms with Gasteiger partial charge in [-0.3, -0.25) is 0 Å². The Balaban J connectivity index is 1.01. The van der Waals surface area contributed by atoms with Crippen molar-refractivity contribution in [2.24, 2.45) is 5.92 Å². The predicted molar refractivity (Wildman–Crippen MR) is 226 cm³/mol. The third-order valence-electron chi connectivity index (χ3n) is 13.7. The molecule has 0 bridgehead atoms. The number of rotatable bonds is 6. The molecule has 2 heteroatoms. The monoisotopic (exact) mass is 704 g/mol. The molecule has 2 nitrogen and oxygen atoms in total. The van der Waals surface area contributed by atoms with Crippen molar-refractivity contribution in [2.75, 3.05) is 9.80 Å². The normalized spacial score (nSPS) is 26.3. The van der Waals surface area contributed by atoms with Crippen LogP contribution >= 0.6 is 0 Å². The smallest absolute Gasteiger partial charge is 0.0458 e. The van der Waals surface area contributed by atoms with E-state index >= 15 is 0 Å². The second-order valence-corrected chi connectivity index (χ2v) is 17.1. The van der Waals surface area contributed by atoms with Crippen molar-refractivity contribution in [3.05, 3.63) is 196 Å². The molecule has 54 heavy (non-hydrogen) atoms. The van der Waals surface area contributed by atoms with Crippen LogP contribution in [0.3, 0.4) is 0 Å². The number of hydrogen-bond acceptors (Lipinski definition) is 2. The fourth-order valence-corrected chi connectivity index (χ4v) is 11.0. The zero-order valence-corrected chi connectivity index (χ0v) is 32.1. The molecule has 4 aromatic carbocycles. The average Bonchev–Trinajstić information content (AvgIpc) is 3.67. The minimum absolute atomic E-state index is 0.0202. The Bertz CT molecular complexity index is 2280. The molecule has 5 unspecified atom stereocenters. The molecular formula is C52H52N2. The molecule has 6 aliphatic rings. The third kappa shape index (κ3) is 5.52. The van der Waals surface area contributed by atoms with E-state index in [1.165, 1.54) is 69.1 Å². The number of nitrogens with zero attached hydrogens (tertiary/aromatic N) is 2. The lowest BCUT2D eigenvalue weighted by atomic mass is 9.76. The first kappa shape index (κ1) is 33.5. The van der Waals surface area contributed by atoms with E-state index < -0.39 is 0 Å². The number of para-hydroxylation sites is 2. The molecule has 0 saturated carbocycles. The Morgan fingerprint density at radius 3 is 2.33 bits per heavy atom. The van der Waals surface area contributed by atoms with Gasteiger partial charge in [0.25, 0.3) is 0 Å². The van der Waals surface area contributed by atoms with Crippen LogP contribution in [-0.4, -0.2) is 6.04 Å². The summed E-state index contributed by atoms with van der Waals surface area (Å²) in [5.74, 6) is 1.93. The minimum Gasteiger partial charge on any atom is -0.337 e. The molecule has 1 heterocycles. The standard InChI is InChI=1S/C52H52N2/c1-35-32-41(27-29-43(35)38-24-31-51-47(33-38)46-19-11-13-21-50(46)54(51)39-16-8-5-9-17-39)53(40-25-22-37(23-26-40)36-14-6-4-7-15-36)42-28-30-45-44-18-10-12-20-48(44)52(2,3)49(45)34-42/h4-6,8-13,16-23,25-29,33-36,45,47,51H,7,14-15,24,30-32H2,1-3H3. The van der Waals surface area contributed by atoms with E-state index in [4.69, 9.17) is 0 Å². The van der Waals surface area contributed by atoms with E-state index in [0.717, 1.165) is 32.1 Å². The molecule has 1 aliphatic heterocycles. The molecule has 270 valence electrons. The maximum atomic E-state index is 2.64. The van der Waals surface area contributed by atoms with E-state index in [2.05, 4.69) is 176 Å². The van der Waals surface area contributed by atoms with Crippen LogP contribution in [0.25, 0.3) is 0 Å². The molecular weight excluding hydrogens is 653 g/mol. The second kappa shape index (κ2) is 13.3. The van der Waals surface area contributed by atoms with E-state index in [0.29, 0.717) is 29.7 Å². The SMILES string of the molecule is CC1CC(N(C2=CCC3C(=C2)C(C)(C)c2ccccc23)c2ccc(C3CC=CCC3)cc2)=CC=C1C1=CC2c3ccccc3N(c3ccccc3)C2CC1. The largest absolute Gasteiger partial charge is 0.337 e. The van der Waals surface area contributed by atoms with Crippen molar-refractivity contribution in [1.82, 2.24) is 0 Å². The molecule has 0 N–H and O–H groups in total. The molecule has 0 aromatic heterocycles. The highest BCUT2D eigenvalue weighted by Crippen LogP contribution is 2.55. The van der Waals surface area contributed by atoms with E-state index in [9.17, 15) is 0 Å². The average molecular weight is 705 g/mol. The van der Waals surface area contributed by atoms with Gasteiger partial charge in [-0.25, -0.2) is 0 Å². The number of allylic oxidation sites excluding steroid dienone is 10. The quantitative estimate of drug-likeness (QED) is 0.184.